The van der Waals surface area contributed by atoms with E-state index in [-0.39, 0.29) is 0 Å². The molecule has 2 heterocycles. The molecule has 0 amide bonds. The van der Waals surface area contributed by atoms with Gasteiger partial charge in [-0.25, -0.2) is 0 Å². The number of rotatable bonds is 2. The minimum absolute atomic E-state index is 0.359. The number of hydrogen-bond acceptors (Lipinski definition) is 3. The third-order valence-corrected chi connectivity index (χ3v) is 2.89. The first-order chi connectivity index (χ1) is 6.81. The molecule has 1 saturated heterocycles. The van der Waals surface area contributed by atoms with Gasteiger partial charge in [-0.15, -0.1) is 0 Å². The standard InChI is InChI=1S/C10H13BrN2O/c1-14-9-5-7(11)6-13-10(9)8-3-2-4-12-8/h5-6,8,12H,2-4H2,1H3/t8-/m1/s1. The SMILES string of the molecule is COc1cc(Br)cnc1[C@H]1CCCN1. The average Bonchev–Trinajstić information content (AvgIpc) is 2.70. The molecule has 1 aromatic rings. The molecule has 4 heteroatoms. The van der Waals surface area contributed by atoms with Crippen molar-refractivity contribution in [1.82, 2.24) is 10.3 Å². The van der Waals surface area contributed by atoms with Crippen LogP contribution in [0.4, 0.5) is 0 Å². The Morgan fingerprint density at radius 3 is 3.14 bits per heavy atom. The fourth-order valence-corrected chi connectivity index (χ4v) is 2.08. The molecule has 0 spiro atoms. The zero-order valence-corrected chi connectivity index (χ0v) is 9.67. The van der Waals surface area contributed by atoms with E-state index < -0.39 is 0 Å². The van der Waals surface area contributed by atoms with E-state index >= 15 is 0 Å². The van der Waals surface area contributed by atoms with E-state index in [0.29, 0.717) is 6.04 Å². The third-order valence-electron chi connectivity index (χ3n) is 2.46. The van der Waals surface area contributed by atoms with Gasteiger partial charge in [0.05, 0.1) is 18.8 Å². The predicted molar refractivity (Wildman–Crippen MR) is 58.5 cm³/mol. The largest absolute Gasteiger partial charge is 0.495 e. The van der Waals surface area contributed by atoms with Crippen molar-refractivity contribution in [3.05, 3.63) is 22.4 Å². The summed E-state index contributed by atoms with van der Waals surface area (Å²) in [4.78, 5) is 4.40. The van der Waals surface area contributed by atoms with Crippen molar-refractivity contribution in [2.24, 2.45) is 0 Å². The van der Waals surface area contributed by atoms with Crippen LogP contribution in [0.2, 0.25) is 0 Å². The predicted octanol–water partition coefficient (Wildman–Crippen LogP) is 2.28. The van der Waals surface area contributed by atoms with Crippen molar-refractivity contribution < 1.29 is 4.74 Å². The highest BCUT2D eigenvalue weighted by Crippen LogP contribution is 2.30. The molecule has 3 nitrogen and oxygen atoms in total. The summed E-state index contributed by atoms with van der Waals surface area (Å²) in [6.07, 6.45) is 4.18. The zero-order valence-electron chi connectivity index (χ0n) is 8.09. The van der Waals surface area contributed by atoms with Gasteiger partial charge >= 0.3 is 0 Å². The molecule has 14 heavy (non-hydrogen) atoms. The monoisotopic (exact) mass is 256 g/mol. The number of halogens is 1. The lowest BCUT2D eigenvalue weighted by atomic mass is 10.1. The normalized spacial score (nSPS) is 21.1. The van der Waals surface area contributed by atoms with E-state index in [1.54, 1.807) is 7.11 Å². The van der Waals surface area contributed by atoms with Crippen LogP contribution in [-0.4, -0.2) is 18.6 Å². The molecule has 76 valence electrons. The summed E-state index contributed by atoms with van der Waals surface area (Å²) in [6.45, 7) is 1.07. The van der Waals surface area contributed by atoms with Crippen molar-refractivity contribution in [2.75, 3.05) is 13.7 Å². The maximum Gasteiger partial charge on any atom is 0.143 e. The van der Waals surface area contributed by atoms with Gasteiger partial charge in [-0.1, -0.05) is 0 Å². The van der Waals surface area contributed by atoms with E-state index in [1.807, 2.05) is 12.3 Å². The van der Waals surface area contributed by atoms with Gasteiger partial charge < -0.3 is 10.1 Å². The molecule has 0 bridgehead atoms. The summed E-state index contributed by atoms with van der Waals surface area (Å²) in [6, 6.07) is 2.32. The second-order valence-electron chi connectivity index (χ2n) is 3.39. The Hall–Kier alpha value is -0.610. The highest BCUT2D eigenvalue weighted by atomic mass is 79.9. The Morgan fingerprint density at radius 1 is 1.64 bits per heavy atom. The lowest BCUT2D eigenvalue weighted by molar-refractivity contribution is 0.399. The molecule has 1 fully saturated rings. The smallest absolute Gasteiger partial charge is 0.143 e. The number of hydrogen-bond donors (Lipinski definition) is 1. The van der Waals surface area contributed by atoms with Crippen LogP contribution in [0.1, 0.15) is 24.6 Å². The summed E-state index contributed by atoms with van der Waals surface area (Å²) in [5.41, 5.74) is 1.02. The second kappa shape index (κ2) is 4.28. The van der Waals surface area contributed by atoms with Gasteiger partial charge in [-0.2, -0.15) is 0 Å². The second-order valence-corrected chi connectivity index (χ2v) is 4.31. The molecule has 1 atom stereocenters. The Balaban J connectivity index is 2.31. The fraction of sp³-hybridized carbons (Fsp3) is 0.500. The molecule has 0 aliphatic carbocycles. The summed E-state index contributed by atoms with van der Waals surface area (Å²) in [5, 5.41) is 3.41. The number of aromatic nitrogens is 1. The van der Waals surface area contributed by atoms with Crippen LogP contribution in [0.3, 0.4) is 0 Å². The van der Waals surface area contributed by atoms with E-state index in [4.69, 9.17) is 4.74 Å². The Labute approximate surface area is 92.0 Å². The van der Waals surface area contributed by atoms with Crippen molar-refractivity contribution >= 4 is 15.9 Å². The minimum Gasteiger partial charge on any atom is -0.495 e. The molecule has 0 radical (unpaired) electrons. The Kier molecular flexibility index (Phi) is 3.03. The number of nitrogens with one attached hydrogen (secondary N) is 1. The molecule has 1 aliphatic rings. The number of pyridine rings is 1. The highest BCUT2D eigenvalue weighted by molar-refractivity contribution is 9.10. The maximum absolute atomic E-state index is 5.31. The highest BCUT2D eigenvalue weighted by Gasteiger charge is 2.21. The topological polar surface area (TPSA) is 34.1 Å². The number of nitrogens with zero attached hydrogens (tertiary/aromatic N) is 1. The molecule has 1 aliphatic heterocycles. The van der Waals surface area contributed by atoms with Crippen molar-refractivity contribution in [1.29, 1.82) is 0 Å². The lowest BCUT2D eigenvalue weighted by Gasteiger charge is -2.13. The van der Waals surface area contributed by atoms with Gasteiger partial charge in [0.2, 0.25) is 0 Å². The van der Waals surface area contributed by atoms with Crippen molar-refractivity contribution in [3.63, 3.8) is 0 Å². The van der Waals surface area contributed by atoms with Crippen LogP contribution in [0, 0.1) is 0 Å². The van der Waals surface area contributed by atoms with E-state index in [9.17, 15) is 0 Å². The van der Waals surface area contributed by atoms with Crippen LogP contribution >= 0.6 is 15.9 Å². The summed E-state index contributed by atoms with van der Waals surface area (Å²) in [5.74, 6) is 0.860. The third kappa shape index (κ3) is 1.91. The first kappa shape index (κ1) is 9.93. The quantitative estimate of drug-likeness (QED) is 0.882. The van der Waals surface area contributed by atoms with Gasteiger partial charge in [-0.3, -0.25) is 4.98 Å². The number of methoxy groups -OCH3 is 1. The van der Waals surface area contributed by atoms with Crippen LogP contribution in [0.15, 0.2) is 16.7 Å². The first-order valence-corrected chi connectivity index (χ1v) is 5.53. The maximum atomic E-state index is 5.31. The van der Waals surface area contributed by atoms with Gasteiger partial charge in [0, 0.05) is 10.7 Å². The lowest BCUT2D eigenvalue weighted by Crippen LogP contribution is -2.15. The molecule has 0 saturated carbocycles. The summed E-state index contributed by atoms with van der Waals surface area (Å²) < 4.78 is 6.26. The molecule has 0 unspecified atom stereocenters. The van der Waals surface area contributed by atoms with E-state index in [2.05, 4.69) is 26.2 Å². The molecule has 1 N–H and O–H groups in total. The fourth-order valence-electron chi connectivity index (χ4n) is 1.77. The van der Waals surface area contributed by atoms with Crippen LogP contribution in [-0.2, 0) is 0 Å². The number of ether oxygens (including phenoxy) is 1. The van der Waals surface area contributed by atoms with Crippen molar-refractivity contribution in [3.8, 4) is 5.75 Å². The van der Waals surface area contributed by atoms with Gasteiger partial charge in [0.1, 0.15) is 5.75 Å². The average molecular weight is 257 g/mol. The van der Waals surface area contributed by atoms with E-state index in [0.717, 1.165) is 28.9 Å². The van der Waals surface area contributed by atoms with Gasteiger partial charge in [0.25, 0.3) is 0 Å². The Bertz CT molecular complexity index is 324. The van der Waals surface area contributed by atoms with Gasteiger partial charge in [-0.05, 0) is 41.4 Å². The van der Waals surface area contributed by atoms with Crippen LogP contribution in [0.25, 0.3) is 0 Å². The van der Waals surface area contributed by atoms with Crippen molar-refractivity contribution in [2.45, 2.75) is 18.9 Å². The van der Waals surface area contributed by atoms with Crippen LogP contribution < -0.4 is 10.1 Å². The first-order valence-electron chi connectivity index (χ1n) is 4.74. The summed E-state index contributed by atoms with van der Waals surface area (Å²) in [7, 11) is 1.68. The zero-order chi connectivity index (χ0) is 9.97. The minimum atomic E-state index is 0.359. The van der Waals surface area contributed by atoms with Gasteiger partial charge in [0.15, 0.2) is 0 Å². The van der Waals surface area contributed by atoms with Crippen LogP contribution in [0.5, 0.6) is 5.75 Å². The summed E-state index contributed by atoms with van der Waals surface area (Å²) >= 11 is 3.38. The molecule has 2 rings (SSSR count). The molecular weight excluding hydrogens is 244 g/mol. The Morgan fingerprint density at radius 2 is 2.50 bits per heavy atom. The molecular formula is C10H13BrN2O. The molecule has 0 aromatic carbocycles. The van der Waals surface area contributed by atoms with E-state index in [1.165, 1.54) is 6.42 Å². The molecule has 1 aromatic heterocycles.